The van der Waals surface area contributed by atoms with Crippen molar-refractivity contribution in [2.24, 2.45) is 0 Å². The van der Waals surface area contributed by atoms with Crippen LogP contribution < -0.4 is 0 Å². The van der Waals surface area contributed by atoms with Gasteiger partial charge >= 0.3 is 6.18 Å². The lowest BCUT2D eigenvalue weighted by molar-refractivity contribution is -0.385. The van der Waals surface area contributed by atoms with Gasteiger partial charge in [-0.3, -0.25) is 14.9 Å². The molecule has 1 aromatic carbocycles. The average Bonchev–Trinajstić information content (AvgIpc) is 2.26. The molecule has 0 aliphatic rings. The molecule has 0 bridgehead atoms. The Morgan fingerprint density at radius 3 is 2.44 bits per heavy atom. The van der Waals surface area contributed by atoms with Gasteiger partial charge in [-0.2, -0.15) is 18.4 Å². The molecule has 0 aliphatic carbocycles. The van der Waals surface area contributed by atoms with Gasteiger partial charge in [-0.05, 0) is 12.1 Å². The summed E-state index contributed by atoms with van der Waals surface area (Å²) in [6.45, 7) is 0. The molecule has 1 aromatic rings. The zero-order valence-electron chi connectivity index (χ0n) is 8.69. The number of carbonyl (C=O) groups is 1. The van der Waals surface area contributed by atoms with Crippen LogP contribution in [-0.4, -0.2) is 11.2 Å². The zero-order chi connectivity index (χ0) is 13.9. The van der Waals surface area contributed by atoms with Gasteiger partial charge in [0.2, 0.25) is 0 Å². The van der Waals surface area contributed by atoms with Gasteiger partial charge in [-0.15, -0.1) is 0 Å². The summed E-state index contributed by atoms with van der Waals surface area (Å²) >= 11 is 0. The molecule has 0 aliphatic heterocycles. The molecule has 0 fully saturated rings. The summed E-state index contributed by atoms with van der Waals surface area (Å²) in [4.78, 5) is 20.3. The fraction of sp³-hybridized carbons (Fsp3) is 0.200. The van der Waals surface area contributed by atoms with Crippen molar-refractivity contribution in [3.8, 4) is 6.07 Å². The Bertz CT molecular complexity index is 547. The fourth-order valence-corrected chi connectivity index (χ4v) is 1.42. The standard InChI is InChI=1S/C10H5F3N2O3/c11-10(12,13)8-3-6(1-2-14)9(15(17)18)7(4-8)5-16/h3-5H,1H2. The van der Waals surface area contributed by atoms with Crippen molar-refractivity contribution in [1.29, 1.82) is 5.26 Å². The Morgan fingerprint density at radius 1 is 1.44 bits per heavy atom. The van der Waals surface area contributed by atoms with Crippen LogP contribution in [-0.2, 0) is 12.6 Å². The van der Waals surface area contributed by atoms with Crippen LogP contribution >= 0.6 is 0 Å². The van der Waals surface area contributed by atoms with Crippen molar-refractivity contribution in [3.05, 3.63) is 38.9 Å². The van der Waals surface area contributed by atoms with Gasteiger partial charge < -0.3 is 0 Å². The summed E-state index contributed by atoms with van der Waals surface area (Å²) in [6, 6.07) is 2.42. The number of nitro groups is 1. The average molecular weight is 258 g/mol. The lowest BCUT2D eigenvalue weighted by Gasteiger charge is -2.09. The molecule has 0 amide bonds. The number of halogens is 3. The van der Waals surface area contributed by atoms with E-state index in [1.54, 1.807) is 0 Å². The van der Waals surface area contributed by atoms with Gasteiger partial charge in [0.1, 0.15) is 0 Å². The van der Waals surface area contributed by atoms with Crippen molar-refractivity contribution in [3.63, 3.8) is 0 Å². The summed E-state index contributed by atoms with van der Waals surface area (Å²) < 4.78 is 37.5. The lowest BCUT2D eigenvalue weighted by atomic mass is 10.0. The summed E-state index contributed by atoms with van der Waals surface area (Å²) in [7, 11) is 0. The normalized spacial score (nSPS) is 10.8. The molecule has 5 nitrogen and oxygen atoms in total. The van der Waals surface area contributed by atoms with Crippen molar-refractivity contribution >= 4 is 12.0 Å². The third kappa shape index (κ3) is 2.63. The van der Waals surface area contributed by atoms with E-state index in [0.717, 1.165) is 0 Å². The molecule has 0 saturated carbocycles. The number of nitro benzene ring substituents is 1. The summed E-state index contributed by atoms with van der Waals surface area (Å²) in [6.07, 6.45) is -5.35. The fourth-order valence-electron chi connectivity index (χ4n) is 1.42. The maximum Gasteiger partial charge on any atom is 0.416 e. The van der Waals surface area contributed by atoms with Gasteiger partial charge in [0.15, 0.2) is 6.29 Å². The molecule has 0 saturated heterocycles. The number of nitriles is 1. The molecular weight excluding hydrogens is 253 g/mol. The highest BCUT2D eigenvalue weighted by Crippen LogP contribution is 2.34. The number of rotatable bonds is 3. The van der Waals surface area contributed by atoms with Crippen LogP contribution in [0, 0.1) is 21.4 Å². The van der Waals surface area contributed by atoms with E-state index in [9.17, 15) is 28.1 Å². The molecule has 0 aromatic heterocycles. The second kappa shape index (κ2) is 4.83. The van der Waals surface area contributed by atoms with E-state index in [1.165, 1.54) is 6.07 Å². The maximum absolute atomic E-state index is 12.5. The smallest absolute Gasteiger partial charge is 0.298 e. The first-order valence-corrected chi connectivity index (χ1v) is 4.52. The van der Waals surface area contributed by atoms with Crippen LogP contribution in [0.3, 0.4) is 0 Å². The molecule has 8 heteroatoms. The Labute approximate surface area is 98.6 Å². The monoisotopic (exact) mass is 258 g/mol. The van der Waals surface area contributed by atoms with E-state index in [1.807, 2.05) is 0 Å². The number of hydrogen-bond donors (Lipinski definition) is 0. The highest BCUT2D eigenvalue weighted by molar-refractivity contribution is 5.83. The minimum absolute atomic E-state index is 0.0335. The number of nitrogens with zero attached hydrogens (tertiary/aromatic N) is 2. The summed E-state index contributed by atoms with van der Waals surface area (Å²) in [5, 5.41) is 19.1. The first-order valence-electron chi connectivity index (χ1n) is 4.52. The molecule has 0 unspecified atom stereocenters. The Hall–Kier alpha value is -2.43. The highest BCUT2D eigenvalue weighted by Gasteiger charge is 2.34. The second-order valence-corrected chi connectivity index (χ2v) is 3.28. The van der Waals surface area contributed by atoms with Gasteiger partial charge in [0.25, 0.3) is 5.69 Å². The minimum atomic E-state index is -4.74. The Kier molecular flexibility index (Phi) is 3.66. The van der Waals surface area contributed by atoms with E-state index in [0.29, 0.717) is 12.1 Å². The van der Waals surface area contributed by atoms with E-state index in [2.05, 4.69) is 0 Å². The SMILES string of the molecule is N#CCc1cc(C(F)(F)F)cc(C=O)c1[N+](=O)[O-]. The number of aldehydes is 1. The third-order valence-electron chi connectivity index (χ3n) is 2.12. The third-order valence-corrected chi connectivity index (χ3v) is 2.12. The Morgan fingerprint density at radius 2 is 2.06 bits per heavy atom. The predicted molar refractivity (Wildman–Crippen MR) is 52.8 cm³/mol. The zero-order valence-corrected chi connectivity index (χ0v) is 8.69. The maximum atomic E-state index is 12.5. The molecule has 18 heavy (non-hydrogen) atoms. The molecule has 0 atom stereocenters. The Balaban J connectivity index is 3.59. The van der Waals surface area contributed by atoms with Gasteiger partial charge in [-0.1, -0.05) is 0 Å². The van der Waals surface area contributed by atoms with Crippen LogP contribution in [0.25, 0.3) is 0 Å². The number of hydrogen-bond acceptors (Lipinski definition) is 4. The van der Waals surface area contributed by atoms with Crippen molar-refractivity contribution in [1.82, 2.24) is 0 Å². The molecule has 94 valence electrons. The number of benzene rings is 1. The highest BCUT2D eigenvalue weighted by atomic mass is 19.4. The summed E-state index contributed by atoms with van der Waals surface area (Å²) in [5.74, 6) is 0. The first kappa shape index (κ1) is 13.6. The quantitative estimate of drug-likeness (QED) is 0.473. The number of alkyl halides is 3. The molecule has 1 rings (SSSR count). The number of carbonyl (C=O) groups excluding carboxylic acids is 1. The van der Waals surface area contributed by atoms with Gasteiger partial charge in [0.05, 0.1) is 28.5 Å². The lowest BCUT2D eigenvalue weighted by Crippen LogP contribution is -2.09. The van der Waals surface area contributed by atoms with Gasteiger partial charge in [-0.25, -0.2) is 0 Å². The molecule has 0 spiro atoms. The topological polar surface area (TPSA) is 84.0 Å². The van der Waals surface area contributed by atoms with Crippen LogP contribution in [0.2, 0.25) is 0 Å². The van der Waals surface area contributed by atoms with Crippen LogP contribution in [0.1, 0.15) is 21.5 Å². The summed E-state index contributed by atoms with van der Waals surface area (Å²) in [5.41, 5.74) is -3.08. The van der Waals surface area contributed by atoms with Crippen LogP contribution in [0.4, 0.5) is 18.9 Å². The first-order chi connectivity index (χ1) is 8.31. The van der Waals surface area contributed by atoms with E-state index in [4.69, 9.17) is 5.26 Å². The van der Waals surface area contributed by atoms with Crippen LogP contribution in [0.5, 0.6) is 0 Å². The van der Waals surface area contributed by atoms with Crippen molar-refractivity contribution in [2.45, 2.75) is 12.6 Å². The molecular formula is C10H5F3N2O3. The van der Waals surface area contributed by atoms with E-state index >= 15 is 0 Å². The van der Waals surface area contributed by atoms with Gasteiger partial charge in [0, 0.05) is 5.56 Å². The van der Waals surface area contributed by atoms with E-state index < -0.39 is 39.9 Å². The molecule has 0 N–H and O–H groups in total. The van der Waals surface area contributed by atoms with E-state index in [-0.39, 0.29) is 6.29 Å². The molecule has 0 heterocycles. The second-order valence-electron chi connectivity index (χ2n) is 3.28. The minimum Gasteiger partial charge on any atom is -0.298 e. The molecule has 0 radical (unpaired) electrons. The predicted octanol–water partition coefficient (Wildman–Crippen LogP) is 2.49. The largest absolute Gasteiger partial charge is 0.416 e. The van der Waals surface area contributed by atoms with Crippen molar-refractivity contribution in [2.75, 3.05) is 0 Å². The van der Waals surface area contributed by atoms with Crippen molar-refractivity contribution < 1.29 is 22.9 Å². The van der Waals surface area contributed by atoms with Crippen LogP contribution in [0.15, 0.2) is 12.1 Å².